The fraction of sp³-hybridized carbons (Fsp3) is 0.318. The fourth-order valence-electron chi connectivity index (χ4n) is 3.17. The maximum atomic E-state index is 8.94. The van der Waals surface area contributed by atoms with E-state index in [1.165, 1.54) is 47.9 Å². The maximum Gasteiger partial charge on any atom is 0.221 e. The lowest BCUT2D eigenvalue weighted by atomic mass is 9.94. The molecule has 4 N–H and O–H groups in total. The molecule has 2 aromatic rings. The third kappa shape index (κ3) is 6.15. The van der Waals surface area contributed by atoms with Gasteiger partial charge in [0.15, 0.2) is 0 Å². The average Bonchev–Trinajstić information content (AvgIpc) is 2.73. The van der Waals surface area contributed by atoms with E-state index >= 15 is 0 Å². The van der Waals surface area contributed by atoms with Gasteiger partial charge in [-0.05, 0) is 67.5 Å². The van der Waals surface area contributed by atoms with Gasteiger partial charge in [-0.3, -0.25) is 10.2 Å². The van der Waals surface area contributed by atoms with Crippen molar-refractivity contribution in [3.05, 3.63) is 65.2 Å². The average molecular weight is 367 g/mol. The summed E-state index contributed by atoms with van der Waals surface area (Å²) in [4.78, 5) is 8.94. The van der Waals surface area contributed by atoms with Crippen LogP contribution in [0.1, 0.15) is 42.4 Å². The van der Waals surface area contributed by atoms with Crippen molar-refractivity contribution >= 4 is 17.7 Å². The number of ether oxygens (including phenoxy) is 1. The number of amides is 1. The standard InChI is InChI=1S/C21H25NO.CH4N2O/c1-16-8-6-13-21(22-2)20(16)15-23-19-12-7-11-18(14-19)17-9-4-3-5-10-17;2-3-1-4/h6-9,11-14,22H,3-5,10,15H2,1-2H3;1H,2H2,(H,3,4). The first kappa shape index (κ1) is 20.5. The van der Waals surface area contributed by atoms with E-state index in [-0.39, 0.29) is 0 Å². The lowest BCUT2D eigenvalue weighted by Gasteiger charge is -2.16. The normalized spacial score (nSPS) is 12.9. The first-order valence-corrected chi connectivity index (χ1v) is 9.28. The van der Waals surface area contributed by atoms with Crippen LogP contribution >= 0.6 is 0 Å². The van der Waals surface area contributed by atoms with Crippen molar-refractivity contribution in [3.8, 4) is 5.75 Å². The van der Waals surface area contributed by atoms with Crippen LogP contribution < -0.4 is 21.3 Å². The van der Waals surface area contributed by atoms with Crippen molar-refractivity contribution in [2.24, 2.45) is 5.84 Å². The van der Waals surface area contributed by atoms with Gasteiger partial charge < -0.3 is 10.1 Å². The molecule has 2 aromatic carbocycles. The Morgan fingerprint density at radius 1 is 1.19 bits per heavy atom. The Hall–Kier alpha value is -2.79. The van der Waals surface area contributed by atoms with Gasteiger partial charge in [-0.2, -0.15) is 0 Å². The Labute approximate surface area is 161 Å². The second-order valence-electron chi connectivity index (χ2n) is 6.43. The SMILES string of the molecule is CNc1cccc(C)c1COc1cccc(C2=CCCCC2)c1.NNC=O. The Bertz CT molecular complexity index is 772. The molecule has 0 spiro atoms. The van der Waals surface area contributed by atoms with Crippen LogP contribution in [0.3, 0.4) is 0 Å². The Kier molecular flexibility index (Phi) is 8.39. The highest BCUT2D eigenvalue weighted by atomic mass is 16.5. The summed E-state index contributed by atoms with van der Waals surface area (Å²) in [6, 6.07) is 14.8. The van der Waals surface area contributed by atoms with Gasteiger partial charge in [-0.15, -0.1) is 0 Å². The highest BCUT2D eigenvalue weighted by Crippen LogP contribution is 2.29. The van der Waals surface area contributed by atoms with Crippen molar-refractivity contribution in [3.63, 3.8) is 0 Å². The molecule has 0 radical (unpaired) electrons. The first-order valence-electron chi connectivity index (χ1n) is 9.28. The van der Waals surface area contributed by atoms with E-state index in [1.54, 1.807) is 5.43 Å². The molecule has 0 aromatic heterocycles. The summed E-state index contributed by atoms with van der Waals surface area (Å²) in [6.07, 6.45) is 7.79. The van der Waals surface area contributed by atoms with Gasteiger partial charge in [0.2, 0.25) is 6.41 Å². The van der Waals surface area contributed by atoms with E-state index in [1.807, 2.05) is 13.1 Å². The second-order valence-corrected chi connectivity index (χ2v) is 6.43. The van der Waals surface area contributed by atoms with Crippen molar-refractivity contribution < 1.29 is 9.53 Å². The van der Waals surface area contributed by atoms with E-state index in [4.69, 9.17) is 9.53 Å². The summed E-state index contributed by atoms with van der Waals surface area (Å²) < 4.78 is 6.08. The number of nitrogens with two attached hydrogens (primary N) is 1. The van der Waals surface area contributed by atoms with Gasteiger partial charge in [0.25, 0.3) is 0 Å². The molecule has 0 saturated heterocycles. The summed E-state index contributed by atoms with van der Waals surface area (Å²) in [7, 11) is 1.95. The highest BCUT2D eigenvalue weighted by molar-refractivity contribution is 5.67. The molecular formula is C22H29N3O2. The number of nitrogens with one attached hydrogen (secondary N) is 2. The number of hydrogen-bond acceptors (Lipinski definition) is 4. The van der Waals surface area contributed by atoms with Crippen LogP contribution in [-0.4, -0.2) is 13.5 Å². The number of carbonyl (C=O) groups is 1. The summed E-state index contributed by atoms with van der Waals surface area (Å²) in [5.41, 5.74) is 8.13. The number of allylic oxidation sites excluding steroid dienone is 2. The number of anilines is 1. The molecule has 1 aliphatic carbocycles. The van der Waals surface area contributed by atoms with E-state index in [2.05, 4.69) is 60.6 Å². The monoisotopic (exact) mass is 367 g/mol. The molecule has 0 atom stereocenters. The van der Waals surface area contributed by atoms with Gasteiger partial charge in [0, 0.05) is 18.3 Å². The first-order chi connectivity index (χ1) is 13.2. The van der Waals surface area contributed by atoms with Gasteiger partial charge in [-0.25, -0.2) is 5.84 Å². The van der Waals surface area contributed by atoms with E-state index < -0.39 is 0 Å². The molecule has 0 saturated carbocycles. The lowest BCUT2D eigenvalue weighted by Crippen LogP contribution is -2.18. The van der Waals surface area contributed by atoms with E-state index in [0.717, 1.165) is 11.4 Å². The van der Waals surface area contributed by atoms with Crippen molar-refractivity contribution in [1.82, 2.24) is 5.43 Å². The molecule has 5 nitrogen and oxygen atoms in total. The summed E-state index contributed by atoms with van der Waals surface area (Å²) in [6.45, 7) is 2.72. The molecular weight excluding hydrogens is 338 g/mol. The van der Waals surface area contributed by atoms with E-state index in [0.29, 0.717) is 13.0 Å². The fourth-order valence-corrected chi connectivity index (χ4v) is 3.17. The van der Waals surface area contributed by atoms with Crippen molar-refractivity contribution in [2.75, 3.05) is 12.4 Å². The zero-order valence-electron chi connectivity index (χ0n) is 16.1. The number of hydrazine groups is 1. The van der Waals surface area contributed by atoms with Gasteiger partial charge in [0.05, 0.1) is 0 Å². The molecule has 27 heavy (non-hydrogen) atoms. The number of carbonyl (C=O) groups excluding carboxylic acids is 1. The summed E-state index contributed by atoms with van der Waals surface area (Å²) in [5, 5.41) is 3.25. The molecule has 0 fully saturated rings. The zero-order chi connectivity index (χ0) is 19.5. The van der Waals surface area contributed by atoms with Gasteiger partial charge >= 0.3 is 0 Å². The molecule has 1 amide bonds. The Balaban J connectivity index is 0.000000596. The van der Waals surface area contributed by atoms with Gasteiger partial charge in [0.1, 0.15) is 12.4 Å². The summed E-state index contributed by atoms with van der Waals surface area (Å²) >= 11 is 0. The van der Waals surface area contributed by atoms with Crippen LogP contribution in [0.15, 0.2) is 48.5 Å². The predicted molar refractivity (Wildman–Crippen MR) is 111 cm³/mol. The summed E-state index contributed by atoms with van der Waals surface area (Å²) in [5.74, 6) is 5.35. The largest absolute Gasteiger partial charge is 0.489 e. The maximum absolute atomic E-state index is 8.94. The second kappa shape index (κ2) is 11.0. The van der Waals surface area contributed by atoms with Crippen LogP contribution in [0.4, 0.5) is 5.69 Å². The van der Waals surface area contributed by atoms with Crippen LogP contribution in [0.25, 0.3) is 5.57 Å². The van der Waals surface area contributed by atoms with Crippen LogP contribution in [0.5, 0.6) is 5.75 Å². The highest BCUT2D eigenvalue weighted by Gasteiger charge is 2.09. The minimum Gasteiger partial charge on any atom is -0.489 e. The number of aryl methyl sites for hydroxylation is 1. The van der Waals surface area contributed by atoms with Gasteiger partial charge in [-0.1, -0.05) is 30.3 Å². The Morgan fingerprint density at radius 3 is 2.63 bits per heavy atom. The zero-order valence-corrected chi connectivity index (χ0v) is 16.1. The predicted octanol–water partition coefficient (Wildman–Crippen LogP) is 4.18. The molecule has 0 heterocycles. The third-order valence-electron chi connectivity index (χ3n) is 4.63. The molecule has 0 aliphatic heterocycles. The minimum absolute atomic E-state index is 0.403. The van der Waals surface area contributed by atoms with Crippen LogP contribution in [-0.2, 0) is 11.4 Å². The topological polar surface area (TPSA) is 76.4 Å². The number of hydrogen-bond donors (Lipinski definition) is 3. The van der Waals surface area contributed by atoms with Crippen LogP contribution in [0, 0.1) is 6.92 Å². The van der Waals surface area contributed by atoms with E-state index in [9.17, 15) is 0 Å². The third-order valence-corrected chi connectivity index (χ3v) is 4.63. The Morgan fingerprint density at radius 2 is 1.96 bits per heavy atom. The van der Waals surface area contributed by atoms with Crippen LogP contribution in [0.2, 0.25) is 0 Å². The number of rotatable bonds is 6. The molecule has 0 unspecified atom stereocenters. The quantitative estimate of drug-likeness (QED) is 0.310. The molecule has 1 aliphatic rings. The molecule has 0 bridgehead atoms. The smallest absolute Gasteiger partial charge is 0.221 e. The lowest BCUT2D eigenvalue weighted by molar-refractivity contribution is -0.109. The molecule has 5 heteroatoms. The molecule has 144 valence electrons. The number of benzene rings is 2. The van der Waals surface area contributed by atoms with Crippen molar-refractivity contribution in [2.45, 2.75) is 39.2 Å². The molecule has 3 rings (SSSR count). The minimum atomic E-state index is 0.403. The van der Waals surface area contributed by atoms with Crippen molar-refractivity contribution in [1.29, 1.82) is 0 Å².